The smallest absolute Gasteiger partial charge is 0.209 e. The summed E-state index contributed by atoms with van der Waals surface area (Å²) in [6, 6.07) is 0. The maximum atomic E-state index is 11.4. The third-order valence-corrected chi connectivity index (χ3v) is 2.24. The molecule has 1 aliphatic carbocycles. The second kappa shape index (κ2) is 4.69. The van der Waals surface area contributed by atoms with E-state index in [4.69, 9.17) is 34.3 Å². The van der Waals surface area contributed by atoms with E-state index >= 15 is 0 Å². The summed E-state index contributed by atoms with van der Waals surface area (Å²) < 4.78 is 0. The SMILES string of the molecule is [N-]=[N+]=NC1=C(Cl)C(=O)C(N=[N+]=[N-])=C(Cl)C1=O. The summed E-state index contributed by atoms with van der Waals surface area (Å²) in [5, 5.41) is 4.63. The van der Waals surface area contributed by atoms with Crippen molar-refractivity contribution in [2.24, 2.45) is 10.2 Å². The van der Waals surface area contributed by atoms with Gasteiger partial charge in [-0.2, -0.15) is 0 Å². The third-order valence-electron chi connectivity index (χ3n) is 1.53. The number of carbonyl (C=O) groups is 2. The van der Waals surface area contributed by atoms with Crippen LogP contribution in [0.3, 0.4) is 0 Å². The van der Waals surface area contributed by atoms with E-state index in [1.165, 1.54) is 0 Å². The quantitative estimate of drug-likeness (QED) is 0.326. The van der Waals surface area contributed by atoms with Crippen LogP contribution in [0.5, 0.6) is 0 Å². The summed E-state index contributed by atoms with van der Waals surface area (Å²) in [7, 11) is 0. The molecule has 0 radical (unpaired) electrons. The van der Waals surface area contributed by atoms with E-state index in [1.54, 1.807) is 0 Å². The topological polar surface area (TPSA) is 132 Å². The molecule has 0 N–H and O–H groups in total. The summed E-state index contributed by atoms with van der Waals surface area (Å²) in [6.07, 6.45) is 0. The maximum absolute atomic E-state index is 11.4. The molecule has 0 saturated carbocycles. The first kappa shape index (κ1) is 12.1. The van der Waals surface area contributed by atoms with Crippen molar-refractivity contribution in [2.75, 3.05) is 0 Å². The molecule has 1 rings (SSSR count). The van der Waals surface area contributed by atoms with Crippen LogP contribution >= 0.6 is 23.2 Å². The molecule has 1 aliphatic rings. The van der Waals surface area contributed by atoms with E-state index in [0.717, 1.165) is 0 Å². The molecule has 0 aromatic carbocycles. The van der Waals surface area contributed by atoms with Crippen LogP contribution in [0.25, 0.3) is 20.9 Å². The van der Waals surface area contributed by atoms with Gasteiger partial charge in [-0.1, -0.05) is 33.4 Å². The molecule has 0 fully saturated rings. The van der Waals surface area contributed by atoms with Gasteiger partial charge < -0.3 is 0 Å². The van der Waals surface area contributed by atoms with Gasteiger partial charge >= 0.3 is 0 Å². The molecule has 0 unspecified atom stereocenters. The van der Waals surface area contributed by atoms with Gasteiger partial charge in [0, 0.05) is 9.82 Å². The number of allylic oxidation sites excluding steroid dienone is 2. The molecular weight excluding hydrogens is 259 g/mol. The van der Waals surface area contributed by atoms with Gasteiger partial charge in [0.25, 0.3) is 0 Å². The lowest BCUT2D eigenvalue weighted by molar-refractivity contribution is -0.115. The second-order valence-corrected chi connectivity index (χ2v) is 3.12. The average Bonchev–Trinajstić information content (AvgIpc) is 2.28. The van der Waals surface area contributed by atoms with Crippen molar-refractivity contribution < 1.29 is 9.59 Å². The average molecular weight is 259 g/mol. The molecular formula is C6Cl2N6O2. The fourth-order valence-corrected chi connectivity index (χ4v) is 1.32. The van der Waals surface area contributed by atoms with Gasteiger partial charge in [-0.15, -0.1) is 0 Å². The lowest BCUT2D eigenvalue weighted by Crippen LogP contribution is -2.17. The van der Waals surface area contributed by atoms with Crippen LogP contribution in [0.15, 0.2) is 31.7 Å². The largest absolute Gasteiger partial charge is 0.288 e. The Kier molecular flexibility index (Phi) is 3.55. The summed E-state index contributed by atoms with van der Waals surface area (Å²) in [5.74, 6) is -1.93. The molecule has 0 aliphatic heterocycles. The summed E-state index contributed by atoms with van der Waals surface area (Å²) in [4.78, 5) is 27.5. The van der Waals surface area contributed by atoms with Crippen LogP contribution in [0, 0.1) is 0 Å². The number of carbonyl (C=O) groups excluding carboxylic acids is 2. The Morgan fingerprint density at radius 1 is 0.875 bits per heavy atom. The van der Waals surface area contributed by atoms with E-state index in [2.05, 4.69) is 20.1 Å². The molecule has 8 nitrogen and oxygen atoms in total. The molecule has 0 aromatic heterocycles. The lowest BCUT2D eigenvalue weighted by atomic mass is 10.1. The van der Waals surface area contributed by atoms with Crippen molar-refractivity contribution in [1.29, 1.82) is 0 Å². The highest BCUT2D eigenvalue weighted by Crippen LogP contribution is 2.30. The van der Waals surface area contributed by atoms with Crippen LogP contribution in [0.1, 0.15) is 0 Å². The predicted octanol–water partition coefficient (Wildman–Crippen LogP) is 2.66. The second-order valence-electron chi connectivity index (χ2n) is 2.36. The Morgan fingerprint density at radius 3 is 1.44 bits per heavy atom. The molecule has 80 valence electrons. The third kappa shape index (κ3) is 1.86. The summed E-state index contributed by atoms with van der Waals surface area (Å²) in [5.41, 5.74) is 15.1. The fourth-order valence-electron chi connectivity index (χ4n) is 0.890. The van der Waals surface area contributed by atoms with Crippen LogP contribution in [0.4, 0.5) is 0 Å². The molecule has 0 bridgehead atoms. The number of ketones is 2. The Balaban J connectivity index is 3.47. The highest BCUT2D eigenvalue weighted by Gasteiger charge is 2.31. The van der Waals surface area contributed by atoms with E-state index in [-0.39, 0.29) is 0 Å². The number of halogens is 2. The Hall–Kier alpha value is -1.98. The van der Waals surface area contributed by atoms with Gasteiger partial charge in [0.05, 0.1) is 0 Å². The number of hydrogen-bond donors (Lipinski definition) is 0. The Bertz CT molecular complexity index is 499. The van der Waals surface area contributed by atoms with Gasteiger partial charge in [0.15, 0.2) is 0 Å². The number of rotatable bonds is 2. The number of nitrogens with zero attached hydrogens (tertiary/aromatic N) is 6. The summed E-state index contributed by atoms with van der Waals surface area (Å²) >= 11 is 10.9. The highest BCUT2D eigenvalue weighted by molar-refractivity contribution is 6.56. The molecule has 0 spiro atoms. The van der Waals surface area contributed by atoms with Gasteiger partial charge in [-0.25, -0.2) is 0 Å². The molecule has 0 saturated heterocycles. The van der Waals surface area contributed by atoms with Crippen LogP contribution in [-0.2, 0) is 9.59 Å². The van der Waals surface area contributed by atoms with Crippen molar-refractivity contribution in [2.45, 2.75) is 0 Å². The minimum Gasteiger partial charge on any atom is -0.288 e. The molecule has 0 amide bonds. The summed E-state index contributed by atoms with van der Waals surface area (Å²) in [6.45, 7) is 0. The Morgan fingerprint density at radius 2 is 1.19 bits per heavy atom. The monoisotopic (exact) mass is 258 g/mol. The number of hydrogen-bond acceptors (Lipinski definition) is 4. The van der Waals surface area contributed by atoms with Crippen LogP contribution < -0.4 is 0 Å². The zero-order valence-corrected chi connectivity index (χ0v) is 8.77. The first-order valence-electron chi connectivity index (χ1n) is 3.53. The van der Waals surface area contributed by atoms with Crippen molar-refractivity contribution in [3.8, 4) is 0 Å². The standard InChI is InChI=1S/C6Cl2N6O2/c7-1-3(11-13-9)6(16)2(8)4(5(1)15)12-14-10. The minimum absolute atomic E-state index is 0.615. The number of Topliss-reactive ketones (excluding diaryl/α,β-unsaturated/α-hetero) is 2. The molecule has 0 heterocycles. The van der Waals surface area contributed by atoms with Gasteiger partial charge in [0.1, 0.15) is 21.5 Å². The van der Waals surface area contributed by atoms with Crippen molar-refractivity contribution in [1.82, 2.24) is 0 Å². The minimum atomic E-state index is -0.966. The predicted molar refractivity (Wildman–Crippen MR) is 54.1 cm³/mol. The van der Waals surface area contributed by atoms with E-state index in [0.29, 0.717) is 0 Å². The van der Waals surface area contributed by atoms with Gasteiger partial charge in [0.2, 0.25) is 11.6 Å². The van der Waals surface area contributed by atoms with Crippen LogP contribution in [-0.4, -0.2) is 11.6 Å². The molecule has 16 heavy (non-hydrogen) atoms. The molecule has 0 aromatic rings. The zero-order chi connectivity index (χ0) is 12.3. The van der Waals surface area contributed by atoms with Crippen molar-refractivity contribution in [3.05, 3.63) is 42.3 Å². The van der Waals surface area contributed by atoms with Crippen molar-refractivity contribution in [3.63, 3.8) is 0 Å². The van der Waals surface area contributed by atoms with E-state index in [1.807, 2.05) is 0 Å². The van der Waals surface area contributed by atoms with E-state index < -0.39 is 33.0 Å². The van der Waals surface area contributed by atoms with Gasteiger partial charge in [-0.05, 0) is 11.1 Å². The lowest BCUT2D eigenvalue weighted by Gasteiger charge is -2.11. The Labute approximate surface area is 97.4 Å². The molecule has 10 heteroatoms. The molecule has 0 atom stereocenters. The normalized spacial score (nSPS) is 15.9. The van der Waals surface area contributed by atoms with E-state index in [9.17, 15) is 9.59 Å². The number of azide groups is 2. The first-order chi connectivity index (χ1) is 7.54. The fraction of sp³-hybridized carbons (Fsp3) is 0. The van der Waals surface area contributed by atoms with Gasteiger partial charge in [-0.3, -0.25) is 9.59 Å². The van der Waals surface area contributed by atoms with Crippen molar-refractivity contribution >= 4 is 34.8 Å². The zero-order valence-electron chi connectivity index (χ0n) is 7.26. The van der Waals surface area contributed by atoms with Crippen LogP contribution in [0.2, 0.25) is 0 Å². The maximum Gasteiger partial charge on any atom is 0.209 e. The first-order valence-corrected chi connectivity index (χ1v) is 4.29. The highest BCUT2D eigenvalue weighted by atomic mass is 35.5.